The number of carbonyl (C=O) groups excluding carboxylic acids is 2. The Hall–Kier alpha value is -4.26. The monoisotopic (exact) mass is 433 g/mol. The number of methoxy groups -OCH3 is 1. The van der Waals surface area contributed by atoms with Gasteiger partial charge in [-0.3, -0.25) is 4.79 Å². The quantitative estimate of drug-likeness (QED) is 0.364. The molecule has 0 heterocycles. The number of hydrogen-bond acceptors (Lipinski definition) is 6. The molecule has 0 atom stereocenters. The standard InChI is InChI=1S/C25H23NO6/c1-3-15-30-22-14-13-18(16-23(22)29-2)25(28)31-17-24(27)26-20-11-7-8-12-21(20)32-19-9-5-4-6-10-19/h3-14,16H,1,15,17H2,2H3,(H,26,27). The molecule has 0 saturated carbocycles. The Labute approximate surface area is 186 Å². The van der Waals surface area contributed by atoms with E-state index in [-0.39, 0.29) is 5.56 Å². The fraction of sp³-hybridized carbons (Fsp3) is 0.120. The van der Waals surface area contributed by atoms with Crippen LogP contribution >= 0.6 is 0 Å². The third kappa shape index (κ3) is 6.12. The molecule has 0 radical (unpaired) electrons. The molecule has 0 aliphatic heterocycles. The Balaban J connectivity index is 1.59. The number of ether oxygens (including phenoxy) is 4. The van der Waals surface area contributed by atoms with Crippen LogP contribution in [0.5, 0.6) is 23.0 Å². The third-order valence-electron chi connectivity index (χ3n) is 4.22. The summed E-state index contributed by atoms with van der Waals surface area (Å²) in [4.78, 5) is 24.7. The van der Waals surface area contributed by atoms with E-state index in [9.17, 15) is 9.59 Å². The highest BCUT2D eigenvalue weighted by Crippen LogP contribution is 2.30. The highest BCUT2D eigenvalue weighted by Gasteiger charge is 2.15. The van der Waals surface area contributed by atoms with E-state index < -0.39 is 18.5 Å². The molecule has 3 aromatic carbocycles. The van der Waals surface area contributed by atoms with Crippen molar-refractivity contribution in [3.63, 3.8) is 0 Å². The summed E-state index contributed by atoms with van der Waals surface area (Å²) in [6.07, 6.45) is 1.60. The lowest BCUT2D eigenvalue weighted by Crippen LogP contribution is -2.21. The molecule has 0 spiro atoms. The lowest BCUT2D eigenvalue weighted by molar-refractivity contribution is -0.119. The molecule has 0 fully saturated rings. The van der Waals surface area contributed by atoms with Crippen LogP contribution in [0.4, 0.5) is 5.69 Å². The Bertz CT molecular complexity index is 1080. The smallest absolute Gasteiger partial charge is 0.338 e. The minimum absolute atomic E-state index is 0.230. The lowest BCUT2D eigenvalue weighted by Gasteiger charge is -2.13. The second-order valence-corrected chi connectivity index (χ2v) is 6.50. The van der Waals surface area contributed by atoms with Crippen molar-refractivity contribution < 1.29 is 28.5 Å². The van der Waals surface area contributed by atoms with Crippen LogP contribution in [0.2, 0.25) is 0 Å². The zero-order chi connectivity index (χ0) is 22.8. The fourth-order valence-electron chi connectivity index (χ4n) is 2.74. The summed E-state index contributed by atoms with van der Waals surface area (Å²) in [6, 6.07) is 20.8. The summed E-state index contributed by atoms with van der Waals surface area (Å²) < 4.78 is 21.7. The molecule has 0 unspecified atom stereocenters. The van der Waals surface area contributed by atoms with Gasteiger partial charge in [0.2, 0.25) is 0 Å². The number of esters is 1. The molecule has 0 aromatic heterocycles. The molecule has 7 nitrogen and oxygen atoms in total. The molecule has 164 valence electrons. The van der Waals surface area contributed by atoms with Gasteiger partial charge in [0, 0.05) is 0 Å². The summed E-state index contributed by atoms with van der Waals surface area (Å²) in [5, 5.41) is 2.70. The zero-order valence-electron chi connectivity index (χ0n) is 17.6. The van der Waals surface area contributed by atoms with Crippen molar-refractivity contribution in [1.82, 2.24) is 0 Å². The second kappa shape index (κ2) is 11.2. The first-order chi connectivity index (χ1) is 15.6. The highest BCUT2D eigenvalue weighted by molar-refractivity contribution is 5.96. The molecular formula is C25H23NO6. The highest BCUT2D eigenvalue weighted by atomic mass is 16.5. The third-order valence-corrected chi connectivity index (χ3v) is 4.22. The number of nitrogens with one attached hydrogen (secondary N) is 1. The van der Waals surface area contributed by atoms with Crippen molar-refractivity contribution in [2.75, 3.05) is 25.6 Å². The molecule has 1 N–H and O–H groups in total. The van der Waals surface area contributed by atoms with E-state index in [1.165, 1.54) is 19.2 Å². The molecular weight excluding hydrogens is 410 g/mol. The first kappa shape index (κ1) is 22.4. The largest absolute Gasteiger partial charge is 0.493 e. The fourth-order valence-corrected chi connectivity index (χ4v) is 2.74. The Kier molecular flexibility index (Phi) is 7.86. The van der Waals surface area contributed by atoms with Gasteiger partial charge in [0.05, 0.1) is 18.4 Å². The molecule has 7 heteroatoms. The maximum Gasteiger partial charge on any atom is 0.338 e. The molecule has 0 bridgehead atoms. The van der Waals surface area contributed by atoms with Crippen LogP contribution < -0.4 is 19.5 Å². The number of para-hydroxylation sites is 3. The van der Waals surface area contributed by atoms with Gasteiger partial charge < -0.3 is 24.3 Å². The predicted octanol–water partition coefficient (Wildman–Crippen LogP) is 4.85. The van der Waals surface area contributed by atoms with Gasteiger partial charge in [-0.1, -0.05) is 43.0 Å². The van der Waals surface area contributed by atoms with Crippen molar-refractivity contribution >= 4 is 17.6 Å². The number of carbonyl (C=O) groups is 2. The van der Waals surface area contributed by atoms with Gasteiger partial charge in [-0.05, 0) is 42.5 Å². The van der Waals surface area contributed by atoms with Crippen LogP contribution in [0.3, 0.4) is 0 Å². The molecule has 0 saturated heterocycles. The first-order valence-electron chi connectivity index (χ1n) is 9.81. The second-order valence-electron chi connectivity index (χ2n) is 6.50. The van der Waals surface area contributed by atoms with Crippen LogP contribution in [0.25, 0.3) is 0 Å². The van der Waals surface area contributed by atoms with Gasteiger partial charge in [0.25, 0.3) is 5.91 Å². The van der Waals surface area contributed by atoms with Crippen LogP contribution in [-0.2, 0) is 9.53 Å². The van der Waals surface area contributed by atoms with Crippen molar-refractivity contribution in [3.05, 3.63) is 91.0 Å². The van der Waals surface area contributed by atoms with Gasteiger partial charge in [0.1, 0.15) is 12.4 Å². The molecule has 1 amide bonds. The average Bonchev–Trinajstić information content (AvgIpc) is 2.83. The minimum atomic E-state index is -0.664. The van der Waals surface area contributed by atoms with Crippen molar-refractivity contribution in [1.29, 1.82) is 0 Å². The van der Waals surface area contributed by atoms with E-state index >= 15 is 0 Å². The average molecular weight is 433 g/mol. The van der Waals surface area contributed by atoms with Gasteiger partial charge >= 0.3 is 5.97 Å². The number of rotatable bonds is 10. The minimum Gasteiger partial charge on any atom is -0.493 e. The molecule has 3 aromatic rings. The van der Waals surface area contributed by atoms with Crippen LogP contribution in [0.1, 0.15) is 10.4 Å². The maximum absolute atomic E-state index is 12.4. The normalized spacial score (nSPS) is 10.0. The lowest BCUT2D eigenvalue weighted by atomic mass is 10.2. The zero-order valence-corrected chi connectivity index (χ0v) is 17.6. The van der Waals surface area contributed by atoms with Crippen LogP contribution in [-0.4, -0.2) is 32.2 Å². The van der Waals surface area contributed by atoms with E-state index in [1.54, 1.807) is 36.4 Å². The van der Waals surface area contributed by atoms with E-state index in [2.05, 4.69) is 11.9 Å². The van der Waals surface area contributed by atoms with Crippen molar-refractivity contribution in [2.45, 2.75) is 0 Å². The topological polar surface area (TPSA) is 83.1 Å². The van der Waals surface area contributed by atoms with E-state index in [4.69, 9.17) is 18.9 Å². The first-order valence-corrected chi connectivity index (χ1v) is 9.81. The summed E-state index contributed by atoms with van der Waals surface area (Å²) in [5.74, 6) is 0.783. The van der Waals surface area contributed by atoms with Crippen molar-refractivity contribution in [3.8, 4) is 23.0 Å². The van der Waals surface area contributed by atoms with Gasteiger partial charge in [0.15, 0.2) is 23.9 Å². The SMILES string of the molecule is C=CCOc1ccc(C(=O)OCC(=O)Nc2ccccc2Oc2ccccc2)cc1OC. The van der Waals surface area contributed by atoms with E-state index in [0.717, 1.165) is 0 Å². The van der Waals surface area contributed by atoms with E-state index in [0.29, 0.717) is 35.3 Å². The van der Waals surface area contributed by atoms with Gasteiger partial charge in [-0.25, -0.2) is 4.79 Å². The predicted molar refractivity (Wildman–Crippen MR) is 121 cm³/mol. The summed E-state index contributed by atoms with van der Waals surface area (Å²) in [6.45, 7) is 3.43. The molecule has 0 aliphatic rings. The van der Waals surface area contributed by atoms with Crippen LogP contribution in [0, 0.1) is 0 Å². The number of anilines is 1. The summed E-state index contributed by atoms with van der Waals surface area (Å²) >= 11 is 0. The Morgan fingerprint density at radius 3 is 2.44 bits per heavy atom. The van der Waals surface area contributed by atoms with Gasteiger partial charge in [-0.2, -0.15) is 0 Å². The molecule has 0 aliphatic carbocycles. The van der Waals surface area contributed by atoms with Gasteiger partial charge in [-0.15, -0.1) is 0 Å². The summed E-state index contributed by atoms with van der Waals surface area (Å²) in [7, 11) is 1.47. The summed E-state index contributed by atoms with van der Waals surface area (Å²) in [5.41, 5.74) is 0.691. The number of benzene rings is 3. The molecule has 32 heavy (non-hydrogen) atoms. The molecule has 3 rings (SSSR count). The van der Waals surface area contributed by atoms with Crippen molar-refractivity contribution in [2.24, 2.45) is 0 Å². The number of amides is 1. The van der Waals surface area contributed by atoms with Crippen LogP contribution in [0.15, 0.2) is 85.5 Å². The van der Waals surface area contributed by atoms with E-state index in [1.807, 2.05) is 30.3 Å². The Morgan fingerprint density at radius 1 is 0.938 bits per heavy atom. The maximum atomic E-state index is 12.4. The number of hydrogen-bond donors (Lipinski definition) is 1. The Morgan fingerprint density at radius 2 is 1.69 bits per heavy atom.